The van der Waals surface area contributed by atoms with Gasteiger partial charge in [-0.2, -0.15) is 10.2 Å². The van der Waals surface area contributed by atoms with Crippen molar-refractivity contribution in [2.45, 2.75) is 25.3 Å². The molecule has 2 heterocycles. The number of aliphatic hydroxyl groups excluding tert-OH is 1. The number of rotatable bonds is 7. The summed E-state index contributed by atoms with van der Waals surface area (Å²) in [5.74, 6) is -0.653. The molecule has 1 atom stereocenters. The molecule has 7 nitrogen and oxygen atoms in total. The molecule has 0 saturated heterocycles. The van der Waals surface area contributed by atoms with Gasteiger partial charge in [0, 0.05) is 18.0 Å². The van der Waals surface area contributed by atoms with E-state index in [2.05, 4.69) is 10.2 Å². The third kappa shape index (κ3) is 4.32. The average Bonchev–Trinajstić information content (AvgIpc) is 3.18. The van der Waals surface area contributed by atoms with Crippen molar-refractivity contribution in [1.82, 2.24) is 19.6 Å². The fourth-order valence-electron chi connectivity index (χ4n) is 2.68. The Morgan fingerprint density at radius 3 is 2.62 bits per heavy atom. The number of hydrogen-bond donors (Lipinski definition) is 1. The fourth-order valence-corrected chi connectivity index (χ4v) is 4.70. The van der Waals surface area contributed by atoms with Gasteiger partial charge in [0.05, 0.1) is 35.5 Å². The van der Waals surface area contributed by atoms with Crippen molar-refractivity contribution in [3.05, 3.63) is 65.2 Å². The number of aliphatic hydroxyl groups is 1. The number of hydrogen-bond acceptors (Lipinski definition) is 5. The second-order valence-corrected chi connectivity index (χ2v) is 8.51. The van der Waals surface area contributed by atoms with Gasteiger partial charge in [-0.15, -0.1) is 0 Å². The minimum absolute atomic E-state index is 0.113. The van der Waals surface area contributed by atoms with Crippen LogP contribution >= 0.6 is 11.6 Å². The summed E-state index contributed by atoms with van der Waals surface area (Å²) in [7, 11) is -3.58. The molecule has 1 N–H and O–H groups in total. The molecular weight excluding hydrogens is 376 g/mol. The van der Waals surface area contributed by atoms with Gasteiger partial charge in [-0.3, -0.25) is 4.68 Å². The third-order valence-electron chi connectivity index (χ3n) is 3.89. The standard InChI is InChI=1S/C17H19ClN4O3S/c1-13-16(17(18)22(20-13)14-6-3-2-4-7-14)12-26(24,25)11-15(23)10-21-9-5-8-19-21/h2-9,15,23H,10-12H2,1H3. The lowest BCUT2D eigenvalue weighted by atomic mass is 10.3. The molecule has 2 aromatic heterocycles. The van der Waals surface area contributed by atoms with Gasteiger partial charge >= 0.3 is 0 Å². The van der Waals surface area contributed by atoms with Crippen LogP contribution in [-0.4, -0.2) is 44.9 Å². The Morgan fingerprint density at radius 2 is 1.96 bits per heavy atom. The molecule has 0 bridgehead atoms. The minimum atomic E-state index is -3.58. The van der Waals surface area contributed by atoms with Gasteiger partial charge in [-0.25, -0.2) is 13.1 Å². The largest absolute Gasteiger partial charge is 0.390 e. The van der Waals surface area contributed by atoms with Crippen LogP contribution in [0.4, 0.5) is 0 Å². The number of aromatic nitrogens is 4. The van der Waals surface area contributed by atoms with Crippen molar-refractivity contribution in [3.8, 4) is 5.69 Å². The maximum absolute atomic E-state index is 12.5. The highest BCUT2D eigenvalue weighted by molar-refractivity contribution is 7.90. The van der Waals surface area contributed by atoms with Gasteiger partial charge in [0.25, 0.3) is 0 Å². The highest BCUT2D eigenvalue weighted by atomic mass is 35.5. The van der Waals surface area contributed by atoms with E-state index >= 15 is 0 Å². The van der Waals surface area contributed by atoms with Crippen molar-refractivity contribution in [2.24, 2.45) is 0 Å². The Hall–Kier alpha value is -2.16. The Balaban J connectivity index is 1.76. The number of aryl methyl sites for hydroxylation is 1. The van der Waals surface area contributed by atoms with E-state index in [4.69, 9.17) is 11.6 Å². The average molecular weight is 395 g/mol. The van der Waals surface area contributed by atoms with Crippen LogP contribution in [0, 0.1) is 6.92 Å². The molecule has 0 aliphatic carbocycles. The van der Waals surface area contributed by atoms with E-state index in [1.54, 1.807) is 25.4 Å². The number of halogens is 1. The van der Waals surface area contributed by atoms with Crippen LogP contribution in [0.1, 0.15) is 11.3 Å². The smallest absolute Gasteiger partial charge is 0.157 e. The van der Waals surface area contributed by atoms with E-state index in [0.29, 0.717) is 11.3 Å². The monoisotopic (exact) mass is 394 g/mol. The molecule has 1 aromatic carbocycles. The summed E-state index contributed by atoms with van der Waals surface area (Å²) in [6.07, 6.45) is 2.19. The molecule has 1 unspecified atom stereocenters. The molecule has 0 amide bonds. The molecule has 9 heteroatoms. The molecule has 0 saturated carbocycles. The van der Waals surface area contributed by atoms with Crippen LogP contribution in [0.15, 0.2) is 48.8 Å². The topological polar surface area (TPSA) is 90.0 Å². The molecule has 0 aliphatic rings. The molecule has 3 aromatic rings. The number of sulfone groups is 1. The summed E-state index contributed by atoms with van der Waals surface area (Å²) >= 11 is 6.38. The van der Waals surface area contributed by atoms with E-state index in [-0.39, 0.29) is 23.2 Å². The van der Waals surface area contributed by atoms with Crippen molar-refractivity contribution in [2.75, 3.05) is 5.75 Å². The zero-order valence-electron chi connectivity index (χ0n) is 14.2. The number of benzene rings is 1. The normalized spacial score (nSPS) is 13.0. The lowest BCUT2D eigenvalue weighted by Gasteiger charge is -2.11. The fraction of sp³-hybridized carbons (Fsp3) is 0.294. The first-order valence-electron chi connectivity index (χ1n) is 8.01. The number of para-hydroxylation sites is 1. The number of nitrogens with zero attached hydrogens (tertiary/aromatic N) is 4. The first-order chi connectivity index (χ1) is 12.4. The van der Waals surface area contributed by atoms with Crippen LogP contribution in [0.3, 0.4) is 0 Å². The molecule has 138 valence electrons. The molecule has 0 aliphatic heterocycles. The van der Waals surface area contributed by atoms with Crippen LogP contribution in [-0.2, 0) is 22.1 Å². The molecular formula is C17H19ClN4O3S. The van der Waals surface area contributed by atoms with Gasteiger partial charge in [-0.1, -0.05) is 29.8 Å². The summed E-state index contributed by atoms with van der Waals surface area (Å²) in [6.45, 7) is 1.83. The first kappa shape index (κ1) is 18.6. The van der Waals surface area contributed by atoms with E-state index in [9.17, 15) is 13.5 Å². The summed E-state index contributed by atoms with van der Waals surface area (Å²) in [6, 6.07) is 11.0. The van der Waals surface area contributed by atoms with Crippen LogP contribution in [0.25, 0.3) is 5.69 Å². The first-order valence-corrected chi connectivity index (χ1v) is 10.2. The lowest BCUT2D eigenvalue weighted by Crippen LogP contribution is -2.26. The zero-order valence-corrected chi connectivity index (χ0v) is 15.7. The Morgan fingerprint density at radius 1 is 1.23 bits per heavy atom. The van der Waals surface area contributed by atoms with Gasteiger partial charge in [0.1, 0.15) is 5.15 Å². The summed E-state index contributed by atoms with van der Waals surface area (Å²) in [5.41, 5.74) is 1.74. The molecule has 0 fully saturated rings. The van der Waals surface area contributed by atoms with E-state index in [0.717, 1.165) is 5.69 Å². The highest BCUT2D eigenvalue weighted by Crippen LogP contribution is 2.25. The quantitative estimate of drug-likeness (QED) is 0.662. The maximum atomic E-state index is 12.5. The molecule has 0 spiro atoms. The van der Waals surface area contributed by atoms with Crippen molar-refractivity contribution >= 4 is 21.4 Å². The second-order valence-electron chi connectivity index (χ2n) is 6.04. The van der Waals surface area contributed by atoms with Crippen molar-refractivity contribution in [1.29, 1.82) is 0 Å². The zero-order chi connectivity index (χ0) is 18.7. The summed E-state index contributed by atoms with van der Waals surface area (Å²) in [5, 5.41) is 18.6. The minimum Gasteiger partial charge on any atom is -0.390 e. The SMILES string of the molecule is Cc1nn(-c2ccccc2)c(Cl)c1CS(=O)(=O)CC(O)Cn1cccn1. The Kier molecular flexibility index (Phi) is 5.45. The molecule has 3 rings (SSSR count). The molecule has 26 heavy (non-hydrogen) atoms. The Bertz CT molecular complexity index is 969. The summed E-state index contributed by atoms with van der Waals surface area (Å²) in [4.78, 5) is 0. The van der Waals surface area contributed by atoms with E-state index in [1.165, 1.54) is 9.36 Å². The van der Waals surface area contributed by atoms with Crippen molar-refractivity contribution in [3.63, 3.8) is 0 Å². The Labute approximate surface area is 156 Å². The summed E-state index contributed by atoms with van der Waals surface area (Å²) < 4.78 is 28.0. The molecule has 0 radical (unpaired) electrons. The van der Waals surface area contributed by atoms with Gasteiger partial charge in [0.15, 0.2) is 9.84 Å². The predicted molar refractivity (Wildman–Crippen MR) is 99.0 cm³/mol. The van der Waals surface area contributed by atoms with Gasteiger partial charge in [-0.05, 0) is 25.1 Å². The maximum Gasteiger partial charge on any atom is 0.157 e. The second kappa shape index (κ2) is 7.61. The van der Waals surface area contributed by atoms with Gasteiger partial charge < -0.3 is 5.11 Å². The lowest BCUT2D eigenvalue weighted by molar-refractivity contribution is 0.171. The van der Waals surface area contributed by atoms with Crippen molar-refractivity contribution < 1.29 is 13.5 Å². The van der Waals surface area contributed by atoms with Crippen LogP contribution < -0.4 is 0 Å². The highest BCUT2D eigenvalue weighted by Gasteiger charge is 2.24. The third-order valence-corrected chi connectivity index (χ3v) is 5.90. The predicted octanol–water partition coefficient (Wildman–Crippen LogP) is 2.01. The van der Waals surface area contributed by atoms with Gasteiger partial charge in [0.2, 0.25) is 0 Å². The van der Waals surface area contributed by atoms with Crippen LogP contribution in [0.2, 0.25) is 5.15 Å². The van der Waals surface area contributed by atoms with Crippen LogP contribution in [0.5, 0.6) is 0 Å². The van der Waals surface area contributed by atoms with E-state index in [1.807, 2.05) is 30.3 Å². The van der Waals surface area contributed by atoms with E-state index < -0.39 is 15.9 Å².